The van der Waals surface area contributed by atoms with Crippen molar-refractivity contribution in [3.05, 3.63) is 36.2 Å². The molecule has 0 aliphatic heterocycles. The van der Waals surface area contributed by atoms with Gasteiger partial charge in [-0.3, -0.25) is 0 Å². The fraction of sp³-hybridized carbons (Fsp3) is 0.250. The highest BCUT2D eigenvalue weighted by molar-refractivity contribution is 5.62. The summed E-state index contributed by atoms with van der Waals surface area (Å²) in [4.78, 5) is 4.35. The number of benzene rings is 1. The van der Waals surface area contributed by atoms with Crippen molar-refractivity contribution in [3.8, 4) is 17.2 Å². The van der Waals surface area contributed by atoms with Gasteiger partial charge in [0.05, 0.1) is 18.4 Å². The third-order valence-electron chi connectivity index (χ3n) is 2.29. The van der Waals surface area contributed by atoms with E-state index in [9.17, 15) is 0 Å². The van der Waals surface area contributed by atoms with Crippen molar-refractivity contribution in [1.82, 2.24) is 4.98 Å². The van der Waals surface area contributed by atoms with Gasteiger partial charge in [-0.1, -0.05) is 12.1 Å². The minimum Gasteiger partial charge on any atom is -0.496 e. The number of hydrogen-bond donors (Lipinski definition) is 1. The SMILES string of the molecule is COc1ccccc1-c1nc(CCN)co1. The number of oxazole rings is 1. The van der Waals surface area contributed by atoms with Crippen molar-refractivity contribution >= 4 is 0 Å². The van der Waals surface area contributed by atoms with Crippen LogP contribution < -0.4 is 10.5 Å². The second-order valence-electron chi connectivity index (χ2n) is 3.38. The Hall–Kier alpha value is -1.81. The number of aromatic nitrogens is 1. The van der Waals surface area contributed by atoms with Gasteiger partial charge in [-0.25, -0.2) is 4.98 Å². The molecular formula is C12H14N2O2. The number of nitrogens with zero attached hydrogens (tertiary/aromatic N) is 1. The van der Waals surface area contributed by atoms with E-state index in [0.29, 0.717) is 12.4 Å². The molecule has 1 aromatic carbocycles. The molecule has 2 rings (SSSR count). The standard InChI is InChI=1S/C12H14N2O2/c1-15-11-5-3-2-4-10(11)12-14-9(6-7-13)8-16-12/h2-5,8H,6-7,13H2,1H3. The maximum atomic E-state index is 5.46. The average Bonchev–Trinajstić information content (AvgIpc) is 2.78. The molecule has 4 nitrogen and oxygen atoms in total. The van der Waals surface area contributed by atoms with Crippen molar-refractivity contribution in [2.45, 2.75) is 6.42 Å². The van der Waals surface area contributed by atoms with Crippen LogP contribution in [0, 0.1) is 0 Å². The minimum atomic E-state index is 0.567. The average molecular weight is 218 g/mol. The first-order chi connectivity index (χ1) is 7.85. The van der Waals surface area contributed by atoms with Crippen molar-refractivity contribution in [3.63, 3.8) is 0 Å². The Labute approximate surface area is 94.1 Å². The number of rotatable bonds is 4. The summed E-state index contributed by atoms with van der Waals surface area (Å²) in [5.74, 6) is 1.32. The second-order valence-corrected chi connectivity index (χ2v) is 3.38. The molecule has 0 saturated heterocycles. The molecule has 0 aliphatic carbocycles. The molecule has 0 fully saturated rings. The van der Waals surface area contributed by atoms with Crippen molar-refractivity contribution in [2.75, 3.05) is 13.7 Å². The van der Waals surface area contributed by atoms with E-state index in [4.69, 9.17) is 14.9 Å². The van der Waals surface area contributed by atoms with Crippen LogP contribution in [0.5, 0.6) is 5.75 Å². The largest absolute Gasteiger partial charge is 0.496 e. The van der Waals surface area contributed by atoms with Gasteiger partial charge in [0.2, 0.25) is 5.89 Å². The van der Waals surface area contributed by atoms with Crippen LogP contribution in [0.3, 0.4) is 0 Å². The Balaban J connectivity index is 2.34. The van der Waals surface area contributed by atoms with E-state index in [1.165, 1.54) is 0 Å². The summed E-state index contributed by atoms with van der Waals surface area (Å²) in [7, 11) is 1.63. The molecule has 0 unspecified atom stereocenters. The predicted octanol–water partition coefficient (Wildman–Crippen LogP) is 1.85. The van der Waals surface area contributed by atoms with E-state index >= 15 is 0 Å². The Morgan fingerprint density at radius 1 is 1.38 bits per heavy atom. The highest BCUT2D eigenvalue weighted by Crippen LogP contribution is 2.28. The lowest BCUT2D eigenvalue weighted by Crippen LogP contribution is -2.02. The van der Waals surface area contributed by atoms with Crippen LogP contribution in [0.4, 0.5) is 0 Å². The highest BCUT2D eigenvalue weighted by atomic mass is 16.5. The molecule has 0 amide bonds. The Bertz CT molecular complexity index is 466. The van der Waals surface area contributed by atoms with E-state index in [1.807, 2.05) is 24.3 Å². The van der Waals surface area contributed by atoms with Gasteiger partial charge in [0, 0.05) is 6.42 Å². The van der Waals surface area contributed by atoms with Crippen LogP contribution in [0.1, 0.15) is 5.69 Å². The molecule has 84 valence electrons. The number of hydrogen-bond acceptors (Lipinski definition) is 4. The summed E-state index contributed by atoms with van der Waals surface area (Å²) in [6.07, 6.45) is 2.35. The van der Waals surface area contributed by atoms with E-state index in [2.05, 4.69) is 4.98 Å². The third kappa shape index (κ3) is 2.06. The molecule has 0 spiro atoms. The molecule has 0 aliphatic rings. The van der Waals surface area contributed by atoms with Gasteiger partial charge in [-0.05, 0) is 18.7 Å². The van der Waals surface area contributed by atoms with Crippen LogP contribution in [0.2, 0.25) is 0 Å². The summed E-state index contributed by atoms with van der Waals surface area (Å²) in [5, 5.41) is 0. The minimum absolute atomic E-state index is 0.567. The van der Waals surface area contributed by atoms with Gasteiger partial charge in [0.1, 0.15) is 12.0 Å². The second kappa shape index (κ2) is 4.81. The molecule has 4 heteroatoms. The van der Waals surface area contributed by atoms with Gasteiger partial charge in [0.25, 0.3) is 0 Å². The molecule has 0 saturated carbocycles. The van der Waals surface area contributed by atoms with Gasteiger partial charge in [-0.15, -0.1) is 0 Å². The molecule has 16 heavy (non-hydrogen) atoms. The molecular weight excluding hydrogens is 204 g/mol. The lowest BCUT2D eigenvalue weighted by Gasteiger charge is -2.03. The molecule has 0 bridgehead atoms. The first-order valence-electron chi connectivity index (χ1n) is 5.13. The van der Waals surface area contributed by atoms with E-state index < -0.39 is 0 Å². The smallest absolute Gasteiger partial charge is 0.229 e. The van der Waals surface area contributed by atoms with Gasteiger partial charge in [0.15, 0.2) is 0 Å². The number of nitrogens with two attached hydrogens (primary N) is 1. The Morgan fingerprint density at radius 2 is 2.19 bits per heavy atom. The number of para-hydroxylation sites is 1. The molecule has 0 radical (unpaired) electrons. The van der Waals surface area contributed by atoms with Gasteiger partial charge in [-0.2, -0.15) is 0 Å². The number of ether oxygens (including phenoxy) is 1. The zero-order chi connectivity index (χ0) is 11.4. The fourth-order valence-electron chi connectivity index (χ4n) is 1.51. The number of methoxy groups -OCH3 is 1. The Morgan fingerprint density at radius 3 is 2.94 bits per heavy atom. The molecule has 1 aromatic heterocycles. The highest BCUT2D eigenvalue weighted by Gasteiger charge is 2.10. The maximum Gasteiger partial charge on any atom is 0.229 e. The molecule has 2 aromatic rings. The van der Waals surface area contributed by atoms with Crippen LogP contribution in [-0.2, 0) is 6.42 Å². The van der Waals surface area contributed by atoms with Crippen molar-refractivity contribution < 1.29 is 9.15 Å². The lowest BCUT2D eigenvalue weighted by molar-refractivity contribution is 0.414. The lowest BCUT2D eigenvalue weighted by atomic mass is 10.2. The first-order valence-corrected chi connectivity index (χ1v) is 5.13. The van der Waals surface area contributed by atoms with Crippen LogP contribution in [0.15, 0.2) is 34.9 Å². The first kappa shape index (κ1) is 10.7. The predicted molar refractivity (Wildman–Crippen MR) is 61.2 cm³/mol. The topological polar surface area (TPSA) is 61.3 Å². The zero-order valence-corrected chi connectivity index (χ0v) is 9.14. The summed E-state index contributed by atoms with van der Waals surface area (Å²) in [5.41, 5.74) is 7.18. The van der Waals surface area contributed by atoms with Crippen molar-refractivity contribution in [1.29, 1.82) is 0 Å². The monoisotopic (exact) mass is 218 g/mol. The Kier molecular flexibility index (Phi) is 3.22. The summed E-state index contributed by atoms with van der Waals surface area (Å²) in [6, 6.07) is 7.62. The summed E-state index contributed by atoms with van der Waals surface area (Å²) >= 11 is 0. The van der Waals surface area contributed by atoms with E-state index in [-0.39, 0.29) is 0 Å². The fourth-order valence-corrected chi connectivity index (χ4v) is 1.51. The van der Waals surface area contributed by atoms with Crippen LogP contribution in [0.25, 0.3) is 11.5 Å². The van der Waals surface area contributed by atoms with Crippen LogP contribution in [-0.4, -0.2) is 18.6 Å². The molecule has 0 atom stereocenters. The molecule has 2 N–H and O–H groups in total. The van der Waals surface area contributed by atoms with Gasteiger partial charge < -0.3 is 14.9 Å². The maximum absolute atomic E-state index is 5.46. The van der Waals surface area contributed by atoms with Crippen molar-refractivity contribution in [2.24, 2.45) is 5.73 Å². The van der Waals surface area contributed by atoms with Gasteiger partial charge >= 0.3 is 0 Å². The zero-order valence-electron chi connectivity index (χ0n) is 9.14. The summed E-state index contributed by atoms with van der Waals surface area (Å²) in [6.45, 7) is 0.567. The molecule has 1 heterocycles. The normalized spacial score (nSPS) is 10.4. The van der Waals surface area contributed by atoms with E-state index in [1.54, 1.807) is 13.4 Å². The quantitative estimate of drug-likeness (QED) is 0.850. The third-order valence-corrected chi connectivity index (χ3v) is 2.29. The van der Waals surface area contributed by atoms with Crippen LogP contribution >= 0.6 is 0 Å². The van der Waals surface area contributed by atoms with E-state index in [0.717, 1.165) is 23.4 Å². The summed E-state index contributed by atoms with van der Waals surface area (Å²) < 4.78 is 10.6.